The molecule has 4 rings (SSSR count). The van der Waals surface area contributed by atoms with Crippen molar-refractivity contribution in [2.45, 2.75) is 6.04 Å². The van der Waals surface area contributed by atoms with Gasteiger partial charge in [0.25, 0.3) is 5.91 Å². The summed E-state index contributed by atoms with van der Waals surface area (Å²) >= 11 is 0. The molecule has 1 fully saturated rings. The maximum atomic E-state index is 13.0. The molecular formula is C27H30N2O3. The molecule has 0 spiro atoms. The molecule has 1 aliphatic rings. The topological polar surface area (TPSA) is 42.0 Å². The van der Waals surface area contributed by atoms with Crippen molar-refractivity contribution >= 4 is 5.91 Å². The molecule has 0 saturated carbocycles. The number of rotatable bonds is 8. The third-order valence-electron chi connectivity index (χ3n) is 5.85. The van der Waals surface area contributed by atoms with Crippen LogP contribution in [0.3, 0.4) is 0 Å². The highest BCUT2D eigenvalue weighted by molar-refractivity contribution is 5.94. The Morgan fingerprint density at radius 1 is 0.781 bits per heavy atom. The quantitative estimate of drug-likeness (QED) is 0.501. The summed E-state index contributed by atoms with van der Waals surface area (Å²) in [7, 11) is 1.65. The first-order chi connectivity index (χ1) is 15.8. The molecule has 1 aliphatic heterocycles. The smallest absolute Gasteiger partial charge is 0.253 e. The Bertz CT molecular complexity index is 929. The van der Waals surface area contributed by atoms with Crippen molar-refractivity contribution in [3.05, 3.63) is 102 Å². The van der Waals surface area contributed by atoms with Crippen LogP contribution in [0.2, 0.25) is 0 Å². The van der Waals surface area contributed by atoms with Crippen LogP contribution in [0.25, 0.3) is 0 Å². The summed E-state index contributed by atoms with van der Waals surface area (Å²) in [6.45, 7) is 4.12. The maximum Gasteiger partial charge on any atom is 0.253 e. The largest absolute Gasteiger partial charge is 0.491 e. The average Bonchev–Trinajstić information content (AvgIpc) is 2.86. The van der Waals surface area contributed by atoms with E-state index in [0.717, 1.165) is 18.8 Å². The van der Waals surface area contributed by atoms with Gasteiger partial charge in [0, 0.05) is 38.9 Å². The van der Waals surface area contributed by atoms with Crippen LogP contribution < -0.4 is 4.74 Å². The van der Waals surface area contributed by atoms with E-state index < -0.39 is 0 Å². The summed E-state index contributed by atoms with van der Waals surface area (Å²) in [6, 6.07) is 28.8. The van der Waals surface area contributed by atoms with Crippen molar-refractivity contribution in [3.8, 4) is 5.75 Å². The molecule has 0 bridgehead atoms. The number of hydrogen-bond donors (Lipinski definition) is 0. The van der Waals surface area contributed by atoms with Crippen LogP contribution in [0.5, 0.6) is 5.75 Å². The zero-order chi connectivity index (χ0) is 22.2. The van der Waals surface area contributed by atoms with E-state index in [1.807, 2.05) is 29.2 Å². The molecule has 1 saturated heterocycles. The van der Waals surface area contributed by atoms with Crippen LogP contribution in [-0.2, 0) is 4.74 Å². The fraction of sp³-hybridized carbons (Fsp3) is 0.296. The minimum Gasteiger partial charge on any atom is -0.491 e. The van der Waals surface area contributed by atoms with Gasteiger partial charge in [-0.05, 0) is 35.4 Å². The molecule has 0 atom stereocenters. The van der Waals surface area contributed by atoms with Gasteiger partial charge in [-0.15, -0.1) is 0 Å². The molecule has 166 valence electrons. The molecule has 32 heavy (non-hydrogen) atoms. The fourth-order valence-electron chi connectivity index (χ4n) is 4.19. The molecule has 0 aliphatic carbocycles. The minimum absolute atomic E-state index is 0.0732. The molecule has 0 radical (unpaired) electrons. The Labute approximate surface area is 190 Å². The average molecular weight is 431 g/mol. The monoisotopic (exact) mass is 430 g/mol. The fourth-order valence-corrected chi connectivity index (χ4v) is 4.19. The van der Waals surface area contributed by atoms with Gasteiger partial charge in [-0.25, -0.2) is 0 Å². The molecule has 3 aromatic carbocycles. The molecular weight excluding hydrogens is 400 g/mol. The van der Waals surface area contributed by atoms with Gasteiger partial charge >= 0.3 is 0 Å². The number of amides is 1. The highest BCUT2D eigenvalue weighted by Gasteiger charge is 2.28. The van der Waals surface area contributed by atoms with Crippen molar-refractivity contribution < 1.29 is 14.3 Å². The molecule has 0 unspecified atom stereocenters. The van der Waals surface area contributed by atoms with Crippen molar-refractivity contribution in [2.75, 3.05) is 46.5 Å². The number of piperazine rings is 1. The van der Waals surface area contributed by atoms with Crippen LogP contribution in [0, 0.1) is 0 Å². The molecule has 5 nitrogen and oxygen atoms in total. The van der Waals surface area contributed by atoms with Crippen LogP contribution >= 0.6 is 0 Å². The van der Waals surface area contributed by atoms with Crippen LogP contribution in [0.1, 0.15) is 27.5 Å². The van der Waals surface area contributed by atoms with Crippen LogP contribution in [0.4, 0.5) is 0 Å². The second kappa shape index (κ2) is 10.9. The highest BCUT2D eigenvalue weighted by atomic mass is 16.5. The Morgan fingerprint density at radius 2 is 1.34 bits per heavy atom. The zero-order valence-corrected chi connectivity index (χ0v) is 18.5. The van der Waals surface area contributed by atoms with Crippen molar-refractivity contribution in [2.24, 2.45) is 0 Å². The summed E-state index contributed by atoms with van der Waals surface area (Å²) in [6.07, 6.45) is 0. The van der Waals surface area contributed by atoms with Gasteiger partial charge in [0.15, 0.2) is 0 Å². The predicted molar refractivity (Wildman–Crippen MR) is 126 cm³/mol. The van der Waals surface area contributed by atoms with E-state index >= 15 is 0 Å². The highest BCUT2D eigenvalue weighted by Crippen LogP contribution is 2.29. The lowest BCUT2D eigenvalue weighted by Gasteiger charge is -2.39. The van der Waals surface area contributed by atoms with E-state index in [-0.39, 0.29) is 11.9 Å². The number of carbonyl (C=O) groups excluding carboxylic acids is 1. The SMILES string of the molecule is COCCOc1ccc(C(=O)N2CCN(C(c3ccccc3)c3ccccc3)CC2)cc1. The lowest BCUT2D eigenvalue weighted by atomic mass is 9.96. The lowest BCUT2D eigenvalue weighted by Crippen LogP contribution is -2.49. The number of ether oxygens (including phenoxy) is 2. The van der Waals surface area contributed by atoms with Gasteiger partial charge in [0.05, 0.1) is 12.6 Å². The second-order valence-corrected chi connectivity index (χ2v) is 7.92. The van der Waals surface area contributed by atoms with Gasteiger partial charge in [0.2, 0.25) is 0 Å². The summed E-state index contributed by atoms with van der Waals surface area (Å²) in [5, 5.41) is 0. The second-order valence-electron chi connectivity index (χ2n) is 7.92. The predicted octanol–water partition coefficient (Wildman–Crippen LogP) is 4.26. The maximum absolute atomic E-state index is 13.0. The van der Waals surface area contributed by atoms with E-state index in [1.165, 1.54) is 11.1 Å². The molecule has 1 amide bonds. The number of nitrogens with zero attached hydrogens (tertiary/aromatic N) is 2. The summed E-state index contributed by atoms with van der Waals surface area (Å²) in [4.78, 5) is 17.5. The molecule has 1 heterocycles. The van der Waals surface area contributed by atoms with Crippen molar-refractivity contribution in [3.63, 3.8) is 0 Å². The molecule has 0 aromatic heterocycles. The number of hydrogen-bond acceptors (Lipinski definition) is 4. The number of benzene rings is 3. The Kier molecular flexibility index (Phi) is 7.54. The van der Waals surface area contributed by atoms with E-state index in [9.17, 15) is 4.79 Å². The Balaban J connectivity index is 1.40. The van der Waals surface area contributed by atoms with Crippen LogP contribution in [0.15, 0.2) is 84.9 Å². The lowest BCUT2D eigenvalue weighted by molar-refractivity contribution is 0.0597. The Hall–Kier alpha value is -3.15. The summed E-state index contributed by atoms with van der Waals surface area (Å²) in [5.41, 5.74) is 3.25. The van der Waals surface area contributed by atoms with Crippen molar-refractivity contribution in [1.29, 1.82) is 0 Å². The van der Waals surface area contributed by atoms with Crippen molar-refractivity contribution in [1.82, 2.24) is 9.80 Å². The van der Waals surface area contributed by atoms with E-state index in [1.54, 1.807) is 7.11 Å². The van der Waals surface area contributed by atoms with E-state index in [4.69, 9.17) is 9.47 Å². The first kappa shape index (κ1) is 22.1. The first-order valence-electron chi connectivity index (χ1n) is 11.1. The van der Waals surface area contributed by atoms with Gasteiger partial charge < -0.3 is 14.4 Å². The molecule has 3 aromatic rings. The van der Waals surface area contributed by atoms with E-state index in [0.29, 0.717) is 31.9 Å². The van der Waals surface area contributed by atoms with Gasteiger partial charge in [0.1, 0.15) is 12.4 Å². The number of methoxy groups -OCH3 is 1. The summed E-state index contributed by atoms with van der Waals surface area (Å²) < 4.78 is 10.6. The van der Waals surface area contributed by atoms with Crippen LogP contribution in [-0.4, -0.2) is 62.2 Å². The standard InChI is InChI=1S/C27H30N2O3/c1-31-20-21-32-25-14-12-24(13-15-25)27(30)29-18-16-28(17-19-29)26(22-8-4-2-5-9-22)23-10-6-3-7-11-23/h2-15,26H,16-21H2,1H3. The minimum atomic E-state index is 0.0732. The van der Waals surface area contributed by atoms with Gasteiger partial charge in [-0.3, -0.25) is 9.69 Å². The van der Waals surface area contributed by atoms with Gasteiger partial charge in [-0.2, -0.15) is 0 Å². The van der Waals surface area contributed by atoms with E-state index in [2.05, 4.69) is 65.6 Å². The Morgan fingerprint density at radius 3 is 1.88 bits per heavy atom. The molecule has 5 heteroatoms. The first-order valence-corrected chi connectivity index (χ1v) is 11.1. The third kappa shape index (κ3) is 5.36. The summed E-state index contributed by atoms with van der Waals surface area (Å²) in [5.74, 6) is 0.820. The third-order valence-corrected chi connectivity index (χ3v) is 5.85. The zero-order valence-electron chi connectivity index (χ0n) is 18.5. The van der Waals surface area contributed by atoms with Gasteiger partial charge in [-0.1, -0.05) is 60.7 Å². The normalized spacial score (nSPS) is 14.5. The molecule has 0 N–H and O–H groups in total. The number of carbonyl (C=O) groups is 1.